The van der Waals surface area contributed by atoms with Gasteiger partial charge in [0.05, 0.1) is 0 Å². The molecule has 12 heavy (non-hydrogen) atoms. The molecule has 0 aliphatic rings. The van der Waals surface area contributed by atoms with Gasteiger partial charge in [0.15, 0.2) is 0 Å². The van der Waals surface area contributed by atoms with Gasteiger partial charge >= 0.3 is 0 Å². The second-order valence-electron chi connectivity index (χ2n) is 3.03. The third-order valence-electron chi connectivity index (χ3n) is 1.84. The first-order chi connectivity index (χ1) is 5.81. The molecule has 0 aliphatic carbocycles. The van der Waals surface area contributed by atoms with E-state index >= 15 is 0 Å². The fraction of sp³-hybridized carbons (Fsp3) is 1.00. The Labute approximate surface area is 92.2 Å². The van der Waals surface area contributed by atoms with E-state index in [1.54, 1.807) is 0 Å². The van der Waals surface area contributed by atoms with Crippen molar-refractivity contribution < 1.29 is 5.11 Å². The van der Waals surface area contributed by atoms with Gasteiger partial charge in [-0.1, -0.05) is 57.5 Å². The molecule has 1 N–H and O–H groups in total. The van der Waals surface area contributed by atoms with E-state index in [4.69, 9.17) is 5.11 Å². The molecule has 1 atom stereocenters. The largest absolute Gasteiger partial charge is 0.396 e. The van der Waals surface area contributed by atoms with E-state index in [2.05, 4.69) is 31.9 Å². The van der Waals surface area contributed by atoms with Crippen LogP contribution in [0.5, 0.6) is 0 Å². The molecule has 1 unspecified atom stereocenters. The van der Waals surface area contributed by atoms with Crippen molar-refractivity contribution in [3.05, 3.63) is 0 Å². The van der Waals surface area contributed by atoms with Crippen LogP contribution in [0.25, 0.3) is 0 Å². The molecule has 0 aliphatic heterocycles. The zero-order valence-electron chi connectivity index (χ0n) is 7.44. The standard InChI is InChI=1S/C9H18Br2O/c10-8-9(11)6-4-2-1-3-5-7-12/h9,12H,1-8H2. The molecule has 1 nitrogen and oxygen atoms in total. The summed E-state index contributed by atoms with van der Waals surface area (Å²) in [5.74, 6) is 0. The van der Waals surface area contributed by atoms with Crippen molar-refractivity contribution in [1.29, 1.82) is 0 Å². The van der Waals surface area contributed by atoms with Crippen LogP contribution < -0.4 is 0 Å². The molecule has 0 aromatic heterocycles. The number of hydrogen-bond donors (Lipinski definition) is 1. The van der Waals surface area contributed by atoms with E-state index in [0.717, 1.165) is 11.8 Å². The molecule has 0 rings (SSSR count). The summed E-state index contributed by atoms with van der Waals surface area (Å²) in [6.45, 7) is 0.350. The van der Waals surface area contributed by atoms with Crippen LogP contribution >= 0.6 is 31.9 Å². The maximum atomic E-state index is 8.54. The Balaban J connectivity index is 2.90. The molecular formula is C9H18Br2O. The fourth-order valence-electron chi connectivity index (χ4n) is 1.09. The van der Waals surface area contributed by atoms with Gasteiger partial charge in [0.2, 0.25) is 0 Å². The lowest BCUT2D eigenvalue weighted by Gasteiger charge is -2.04. The minimum Gasteiger partial charge on any atom is -0.396 e. The first-order valence-corrected chi connectivity index (χ1v) is 6.66. The maximum Gasteiger partial charge on any atom is 0.0431 e. The van der Waals surface area contributed by atoms with Crippen LogP contribution in [-0.4, -0.2) is 21.9 Å². The predicted molar refractivity (Wildman–Crippen MR) is 61.3 cm³/mol. The Kier molecular flexibility index (Phi) is 10.8. The van der Waals surface area contributed by atoms with E-state index in [0.29, 0.717) is 11.4 Å². The number of rotatable bonds is 8. The summed E-state index contributed by atoms with van der Waals surface area (Å²) in [5, 5.41) is 9.58. The number of aliphatic hydroxyl groups is 1. The second kappa shape index (κ2) is 10.0. The molecule has 0 fully saturated rings. The lowest BCUT2D eigenvalue weighted by molar-refractivity contribution is 0.282. The molecule has 0 spiro atoms. The summed E-state index contributed by atoms with van der Waals surface area (Å²) in [6, 6.07) is 0. The monoisotopic (exact) mass is 300 g/mol. The van der Waals surface area contributed by atoms with Gasteiger partial charge in [-0.25, -0.2) is 0 Å². The Morgan fingerprint density at radius 3 is 2.17 bits per heavy atom. The van der Waals surface area contributed by atoms with Crippen molar-refractivity contribution in [2.24, 2.45) is 0 Å². The van der Waals surface area contributed by atoms with E-state index in [-0.39, 0.29) is 0 Å². The molecule has 0 aromatic rings. The summed E-state index contributed by atoms with van der Waals surface area (Å²) in [6.07, 6.45) is 7.27. The minimum atomic E-state index is 0.350. The molecule has 0 bridgehead atoms. The second-order valence-corrected chi connectivity index (χ2v) is 4.97. The molecule has 0 saturated heterocycles. The highest BCUT2D eigenvalue weighted by Crippen LogP contribution is 2.14. The zero-order valence-corrected chi connectivity index (χ0v) is 10.6. The average molecular weight is 302 g/mol. The van der Waals surface area contributed by atoms with Crippen LogP contribution in [0.1, 0.15) is 38.5 Å². The SMILES string of the molecule is OCCCCCCCC(Br)CBr. The Morgan fingerprint density at radius 2 is 1.58 bits per heavy atom. The van der Waals surface area contributed by atoms with Gasteiger partial charge in [0.1, 0.15) is 0 Å². The van der Waals surface area contributed by atoms with Gasteiger partial charge in [-0.05, 0) is 12.8 Å². The molecule has 0 amide bonds. The van der Waals surface area contributed by atoms with Crippen LogP contribution in [0.15, 0.2) is 0 Å². The number of hydrogen-bond acceptors (Lipinski definition) is 1. The number of alkyl halides is 2. The topological polar surface area (TPSA) is 20.2 Å². The van der Waals surface area contributed by atoms with Gasteiger partial charge < -0.3 is 5.11 Å². The summed E-state index contributed by atoms with van der Waals surface area (Å²) in [7, 11) is 0. The van der Waals surface area contributed by atoms with Crippen LogP contribution in [0.4, 0.5) is 0 Å². The number of unbranched alkanes of at least 4 members (excludes halogenated alkanes) is 4. The molecule has 0 aromatic carbocycles. The summed E-state index contributed by atoms with van der Waals surface area (Å²) in [4.78, 5) is 0.635. The van der Waals surface area contributed by atoms with E-state index in [1.165, 1.54) is 32.1 Å². The van der Waals surface area contributed by atoms with Crippen LogP contribution in [0, 0.1) is 0 Å². The molecule has 3 heteroatoms. The third-order valence-corrected chi connectivity index (χ3v) is 4.27. The third kappa shape index (κ3) is 9.01. The Hall–Kier alpha value is 0.920. The highest BCUT2D eigenvalue weighted by Gasteiger charge is 2.00. The highest BCUT2D eigenvalue weighted by atomic mass is 79.9. The molecule has 74 valence electrons. The van der Waals surface area contributed by atoms with Crippen molar-refractivity contribution >= 4 is 31.9 Å². The van der Waals surface area contributed by atoms with Crippen LogP contribution in [0.3, 0.4) is 0 Å². The molecular weight excluding hydrogens is 284 g/mol. The van der Waals surface area contributed by atoms with Gasteiger partial charge in [-0.15, -0.1) is 0 Å². The highest BCUT2D eigenvalue weighted by molar-refractivity contribution is 9.12. The molecule has 0 heterocycles. The van der Waals surface area contributed by atoms with Crippen molar-refractivity contribution in [1.82, 2.24) is 0 Å². The van der Waals surface area contributed by atoms with Crippen molar-refractivity contribution in [3.8, 4) is 0 Å². The van der Waals surface area contributed by atoms with Gasteiger partial charge in [-0.2, -0.15) is 0 Å². The summed E-state index contributed by atoms with van der Waals surface area (Å²) < 4.78 is 0. The minimum absolute atomic E-state index is 0.350. The van der Waals surface area contributed by atoms with E-state index in [1.807, 2.05) is 0 Å². The van der Waals surface area contributed by atoms with Gasteiger partial charge in [-0.3, -0.25) is 0 Å². The normalized spacial score (nSPS) is 13.2. The summed E-state index contributed by atoms with van der Waals surface area (Å²) >= 11 is 7.00. The first kappa shape index (κ1) is 12.9. The number of halogens is 2. The molecule has 0 radical (unpaired) electrons. The Bertz CT molecular complexity index is 88.6. The van der Waals surface area contributed by atoms with E-state index < -0.39 is 0 Å². The lowest BCUT2D eigenvalue weighted by atomic mass is 10.1. The van der Waals surface area contributed by atoms with Crippen LogP contribution in [-0.2, 0) is 0 Å². The Morgan fingerprint density at radius 1 is 1.00 bits per heavy atom. The maximum absolute atomic E-state index is 8.54. The van der Waals surface area contributed by atoms with Crippen molar-refractivity contribution in [2.75, 3.05) is 11.9 Å². The van der Waals surface area contributed by atoms with Gasteiger partial charge in [0.25, 0.3) is 0 Å². The smallest absolute Gasteiger partial charge is 0.0431 e. The number of aliphatic hydroxyl groups excluding tert-OH is 1. The predicted octanol–water partition coefficient (Wildman–Crippen LogP) is 3.48. The van der Waals surface area contributed by atoms with Crippen LogP contribution in [0.2, 0.25) is 0 Å². The molecule has 0 saturated carbocycles. The summed E-state index contributed by atoms with van der Waals surface area (Å²) in [5.41, 5.74) is 0. The van der Waals surface area contributed by atoms with E-state index in [9.17, 15) is 0 Å². The van der Waals surface area contributed by atoms with Crippen molar-refractivity contribution in [2.45, 2.75) is 43.4 Å². The fourth-order valence-corrected chi connectivity index (χ4v) is 1.73. The average Bonchev–Trinajstić information content (AvgIpc) is 2.10. The lowest BCUT2D eigenvalue weighted by Crippen LogP contribution is -1.97. The zero-order chi connectivity index (χ0) is 9.23. The van der Waals surface area contributed by atoms with Gasteiger partial charge in [0, 0.05) is 16.8 Å². The van der Waals surface area contributed by atoms with Crippen molar-refractivity contribution in [3.63, 3.8) is 0 Å². The quantitative estimate of drug-likeness (QED) is 0.537. The first-order valence-electron chi connectivity index (χ1n) is 4.62.